The van der Waals surface area contributed by atoms with Gasteiger partial charge < -0.3 is 13.7 Å². The standard InChI is InChI=1S/C17H16N2O3/c1-2-14-13(8-10-20-14)17-18-16(19-22-17)12-7-9-21-15-6-4-3-5-11(12)15/h3-6,8,10,12H,2,7,9H2,1H3. The molecular weight excluding hydrogens is 280 g/mol. The van der Waals surface area contributed by atoms with Crippen LogP contribution in [0.3, 0.4) is 0 Å². The van der Waals surface area contributed by atoms with Gasteiger partial charge in [-0.05, 0) is 18.6 Å². The lowest BCUT2D eigenvalue weighted by molar-refractivity contribution is 0.272. The highest BCUT2D eigenvalue weighted by atomic mass is 16.5. The van der Waals surface area contributed by atoms with Crippen LogP contribution in [0.1, 0.15) is 36.4 Å². The van der Waals surface area contributed by atoms with Gasteiger partial charge in [0.05, 0.1) is 24.4 Å². The lowest BCUT2D eigenvalue weighted by Crippen LogP contribution is -2.16. The summed E-state index contributed by atoms with van der Waals surface area (Å²) in [5, 5.41) is 4.19. The lowest BCUT2D eigenvalue weighted by atomic mass is 9.92. The summed E-state index contributed by atoms with van der Waals surface area (Å²) in [6.45, 7) is 2.70. The highest BCUT2D eigenvalue weighted by Gasteiger charge is 2.27. The summed E-state index contributed by atoms with van der Waals surface area (Å²) in [5.74, 6) is 3.10. The second-order valence-corrected chi connectivity index (χ2v) is 5.30. The molecule has 5 heteroatoms. The van der Waals surface area contributed by atoms with Gasteiger partial charge in [-0.15, -0.1) is 0 Å². The van der Waals surface area contributed by atoms with E-state index in [4.69, 9.17) is 13.7 Å². The van der Waals surface area contributed by atoms with Gasteiger partial charge in [0, 0.05) is 12.0 Å². The number of rotatable bonds is 3. The molecule has 0 amide bonds. The van der Waals surface area contributed by atoms with Crippen molar-refractivity contribution < 1.29 is 13.7 Å². The second-order valence-electron chi connectivity index (χ2n) is 5.30. The zero-order valence-electron chi connectivity index (χ0n) is 12.3. The predicted molar refractivity (Wildman–Crippen MR) is 79.8 cm³/mol. The number of benzene rings is 1. The third-order valence-electron chi connectivity index (χ3n) is 4.01. The molecule has 0 saturated carbocycles. The first kappa shape index (κ1) is 13.1. The molecule has 3 aromatic rings. The summed E-state index contributed by atoms with van der Waals surface area (Å²) in [4.78, 5) is 4.59. The monoisotopic (exact) mass is 296 g/mol. The summed E-state index contributed by atoms with van der Waals surface area (Å²) < 4.78 is 16.6. The van der Waals surface area contributed by atoms with Gasteiger partial charge in [0.1, 0.15) is 11.5 Å². The summed E-state index contributed by atoms with van der Waals surface area (Å²) in [5.41, 5.74) is 1.99. The van der Waals surface area contributed by atoms with Gasteiger partial charge >= 0.3 is 0 Å². The van der Waals surface area contributed by atoms with Crippen LogP contribution in [-0.2, 0) is 6.42 Å². The Balaban J connectivity index is 1.71. The maximum absolute atomic E-state index is 5.69. The van der Waals surface area contributed by atoms with E-state index in [0.29, 0.717) is 18.3 Å². The van der Waals surface area contributed by atoms with E-state index < -0.39 is 0 Å². The Hall–Kier alpha value is -2.56. The molecule has 1 unspecified atom stereocenters. The zero-order valence-corrected chi connectivity index (χ0v) is 12.3. The van der Waals surface area contributed by atoms with E-state index in [9.17, 15) is 0 Å². The number of hydrogen-bond acceptors (Lipinski definition) is 5. The van der Waals surface area contributed by atoms with Crippen LogP contribution in [0.15, 0.2) is 45.5 Å². The van der Waals surface area contributed by atoms with E-state index in [2.05, 4.69) is 16.2 Å². The van der Waals surface area contributed by atoms with Crippen molar-refractivity contribution >= 4 is 0 Å². The molecule has 0 saturated heterocycles. The minimum Gasteiger partial charge on any atom is -0.493 e. The topological polar surface area (TPSA) is 61.3 Å². The smallest absolute Gasteiger partial charge is 0.261 e. The number of nitrogens with zero attached hydrogens (tertiary/aromatic N) is 2. The molecule has 0 radical (unpaired) electrons. The fourth-order valence-corrected chi connectivity index (χ4v) is 2.90. The maximum Gasteiger partial charge on any atom is 0.261 e. The molecule has 0 fully saturated rings. The van der Waals surface area contributed by atoms with E-state index in [0.717, 1.165) is 35.5 Å². The Morgan fingerprint density at radius 1 is 1.23 bits per heavy atom. The molecule has 5 nitrogen and oxygen atoms in total. The minimum absolute atomic E-state index is 0.111. The van der Waals surface area contributed by atoms with Crippen LogP contribution in [0.25, 0.3) is 11.5 Å². The highest BCUT2D eigenvalue weighted by molar-refractivity contribution is 5.55. The summed E-state index contributed by atoms with van der Waals surface area (Å²) in [6, 6.07) is 9.89. The molecule has 1 aliphatic heterocycles. The number of furan rings is 1. The summed E-state index contributed by atoms with van der Waals surface area (Å²) in [7, 11) is 0. The van der Waals surface area contributed by atoms with E-state index in [1.165, 1.54) is 0 Å². The van der Waals surface area contributed by atoms with Gasteiger partial charge in [-0.2, -0.15) is 4.98 Å². The number of aryl methyl sites for hydroxylation is 1. The Kier molecular flexibility index (Phi) is 3.18. The number of hydrogen-bond donors (Lipinski definition) is 0. The first-order valence-corrected chi connectivity index (χ1v) is 7.49. The fourth-order valence-electron chi connectivity index (χ4n) is 2.90. The van der Waals surface area contributed by atoms with E-state index >= 15 is 0 Å². The predicted octanol–water partition coefficient (Wildman–Crippen LogP) is 3.81. The molecular formula is C17H16N2O3. The quantitative estimate of drug-likeness (QED) is 0.735. The van der Waals surface area contributed by atoms with Crippen LogP contribution in [0, 0.1) is 0 Å². The Bertz CT molecular complexity index is 791. The Labute approximate surface area is 127 Å². The Morgan fingerprint density at radius 3 is 3.05 bits per heavy atom. The van der Waals surface area contributed by atoms with Gasteiger partial charge in [-0.3, -0.25) is 0 Å². The summed E-state index contributed by atoms with van der Waals surface area (Å²) >= 11 is 0. The highest BCUT2D eigenvalue weighted by Crippen LogP contribution is 2.37. The van der Waals surface area contributed by atoms with Crippen molar-refractivity contribution in [1.82, 2.24) is 10.1 Å². The number of ether oxygens (including phenoxy) is 1. The first-order chi connectivity index (χ1) is 10.9. The van der Waals surface area contributed by atoms with Gasteiger partial charge in [-0.1, -0.05) is 30.3 Å². The second kappa shape index (κ2) is 5.33. The largest absolute Gasteiger partial charge is 0.493 e. The number of para-hydroxylation sites is 1. The molecule has 0 spiro atoms. The summed E-state index contributed by atoms with van der Waals surface area (Å²) in [6.07, 6.45) is 3.30. The van der Waals surface area contributed by atoms with Gasteiger partial charge in [0.2, 0.25) is 0 Å². The molecule has 3 heterocycles. The van der Waals surface area contributed by atoms with Crippen molar-refractivity contribution in [2.45, 2.75) is 25.7 Å². The molecule has 1 aliphatic rings. The maximum atomic E-state index is 5.69. The van der Waals surface area contributed by atoms with Gasteiger partial charge in [0.25, 0.3) is 5.89 Å². The zero-order chi connectivity index (χ0) is 14.9. The molecule has 0 N–H and O–H groups in total. The first-order valence-electron chi connectivity index (χ1n) is 7.49. The molecule has 112 valence electrons. The van der Waals surface area contributed by atoms with E-state index in [-0.39, 0.29) is 5.92 Å². The normalized spacial score (nSPS) is 17.0. The van der Waals surface area contributed by atoms with Crippen molar-refractivity contribution in [2.75, 3.05) is 6.61 Å². The number of fused-ring (bicyclic) bond motifs is 1. The molecule has 0 bridgehead atoms. The molecule has 1 aromatic carbocycles. The van der Waals surface area contributed by atoms with Crippen molar-refractivity contribution in [3.8, 4) is 17.2 Å². The third-order valence-corrected chi connectivity index (χ3v) is 4.01. The minimum atomic E-state index is 0.111. The van der Waals surface area contributed by atoms with Crippen LogP contribution in [-0.4, -0.2) is 16.7 Å². The third kappa shape index (κ3) is 2.09. The molecule has 22 heavy (non-hydrogen) atoms. The Morgan fingerprint density at radius 2 is 2.14 bits per heavy atom. The number of aromatic nitrogens is 2. The van der Waals surface area contributed by atoms with E-state index in [1.807, 2.05) is 31.2 Å². The lowest BCUT2D eigenvalue weighted by Gasteiger charge is -2.23. The van der Waals surface area contributed by atoms with Crippen LogP contribution in [0.4, 0.5) is 0 Å². The van der Waals surface area contributed by atoms with Crippen LogP contribution >= 0.6 is 0 Å². The average Bonchev–Trinajstić information content (AvgIpc) is 3.22. The van der Waals surface area contributed by atoms with Gasteiger partial charge in [0.15, 0.2) is 5.82 Å². The van der Waals surface area contributed by atoms with E-state index in [1.54, 1.807) is 6.26 Å². The average molecular weight is 296 g/mol. The van der Waals surface area contributed by atoms with Crippen molar-refractivity contribution in [3.05, 3.63) is 53.7 Å². The van der Waals surface area contributed by atoms with Crippen molar-refractivity contribution in [3.63, 3.8) is 0 Å². The molecule has 0 aliphatic carbocycles. The molecule has 2 aromatic heterocycles. The van der Waals surface area contributed by atoms with Crippen LogP contribution < -0.4 is 4.74 Å². The SMILES string of the molecule is CCc1occc1-c1nc(C2CCOc3ccccc32)no1. The fraction of sp³-hybridized carbons (Fsp3) is 0.294. The van der Waals surface area contributed by atoms with Crippen LogP contribution in [0.2, 0.25) is 0 Å². The van der Waals surface area contributed by atoms with Crippen LogP contribution in [0.5, 0.6) is 5.75 Å². The molecule has 1 atom stereocenters. The van der Waals surface area contributed by atoms with Gasteiger partial charge in [-0.25, -0.2) is 0 Å². The molecule has 4 rings (SSSR count). The van der Waals surface area contributed by atoms with Crippen molar-refractivity contribution in [2.24, 2.45) is 0 Å². The van der Waals surface area contributed by atoms with Crippen molar-refractivity contribution in [1.29, 1.82) is 0 Å².